The van der Waals surface area contributed by atoms with E-state index in [1.807, 2.05) is 31.2 Å². The second kappa shape index (κ2) is 8.32. The van der Waals surface area contributed by atoms with E-state index in [0.717, 1.165) is 11.1 Å². The number of amides is 1. The van der Waals surface area contributed by atoms with Crippen LogP contribution in [0.2, 0.25) is 0 Å². The summed E-state index contributed by atoms with van der Waals surface area (Å²) in [6.07, 6.45) is 1.15. The molecule has 0 radical (unpaired) electrons. The molecule has 1 aromatic rings. The molecule has 5 heteroatoms. The molecule has 0 spiro atoms. The number of methoxy groups -OCH3 is 1. The molecule has 0 aromatic heterocycles. The largest absolute Gasteiger partial charge is 0.480 e. The highest BCUT2D eigenvalue weighted by Gasteiger charge is 2.19. The smallest absolute Gasteiger partial charge is 0.326 e. The van der Waals surface area contributed by atoms with Gasteiger partial charge in [-0.05, 0) is 18.9 Å². The van der Waals surface area contributed by atoms with Gasteiger partial charge in [0.05, 0.1) is 0 Å². The minimum Gasteiger partial charge on any atom is -0.480 e. The summed E-state index contributed by atoms with van der Waals surface area (Å²) in [5.41, 5.74) is 2.22. The lowest BCUT2D eigenvalue weighted by Gasteiger charge is -2.14. The van der Waals surface area contributed by atoms with Crippen LogP contribution in [-0.4, -0.2) is 36.7 Å². The zero-order chi connectivity index (χ0) is 15.0. The molecule has 1 atom stereocenters. The van der Waals surface area contributed by atoms with Gasteiger partial charge in [0.15, 0.2) is 0 Å². The van der Waals surface area contributed by atoms with Crippen molar-refractivity contribution >= 4 is 11.9 Å². The zero-order valence-corrected chi connectivity index (χ0v) is 11.9. The van der Waals surface area contributed by atoms with Crippen molar-refractivity contribution in [3.63, 3.8) is 0 Å². The lowest BCUT2D eigenvalue weighted by Crippen LogP contribution is -2.41. The number of nitrogens with one attached hydrogen (secondary N) is 1. The minimum absolute atomic E-state index is 0.255. The molecule has 1 rings (SSSR count). The van der Waals surface area contributed by atoms with Crippen molar-refractivity contribution in [2.45, 2.75) is 32.2 Å². The number of carboxylic acid groups (broad SMARTS) is 1. The van der Waals surface area contributed by atoms with Crippen LogP contribution in [0.1, 0.15) is 24.0 Å². The number of aliphatic carboxylic acids is 1. The maximum Gasteiger partial charge on any atom is 0.326 e. The van der Waals surface area contributed by atoms with Crippen molar-refractivity contribution in [3.8, 4) is 0 Å². The summed E-state index contributed by atoms with van der Waals surface area (Å²) in [7, 11) is 1.50. The molecule has 1 aromatic carbocycles. The molecule has 0 heterocycles. The van der Waals surface area contributed by atoms with E-state index in [4.69, 9.17) is 9.84 Å². The Labute approximate surface area is 118 Å². The molecule has 5 nitrogen and oxygen atoms in total. The Hall–Kier alpha value is -1.88. The first-order valence-electron chi connectivity index (χ1n) is 6.59. The van der Waals surface area contributed by atoms with E-state index in [1.165, 1.54) is 7.11 Å². The highest BCUT2D eigenvalue weighted by molar-refractivity contribution is 5.83. The highest BCUT2D eigenvalue weighted by Crippen LogP contribution is 2.06. The molecule has 0 fully saturated rings. The normalized spacial score (nSPS) is 11.9. The average Bonchev–Trinajstić information content (AvgIpc) is 2.41. The van der Waals surface area contributed by atoms with Gasteiger partial charge in [-0.3, -0.25) is 4.79 Å². The molecule has 2 N–H and O–H groups in total. The predicted octanol–water partition coefficient (Wildman–Crippen LogP) is 1.53. The molecule has 0 saturated heterocycles. The Bertz CT molecular complexity index is 459. The van der Waals surface area contributed by atoms with E-state index in [1.54, 1.807) is 0 Å². The van der Waals surface area contributed by atoms with Crippen LogP contribution in [0.15, 0.2) is 24.3 Å². The van der Waals surface area contributed by atoms with Crippen molar-refractivity contribution in [2.24, 2.45) is 0 Å². The standard InChI is InChI=1S/C15H21NO4/c1-11-4-3-5-12(10-11)6-7-14(17)16-13(15(18)19)8-9-20-2/h3-5,10,13H,6-9H2,1-2H3,(H,16,17)(H,18,19). The molecule has 20 heavy (non-hydrogen) atoms. The van der Waals surface area contributed by atoms with E-state index in [2.05, 4.69) is 5.32 Å². The van der Waals surface area contributed by atoms with E-state index in [9.17, 15) is 9.59 Å². The van der Waals surface area contributed by atoms with Crippen LogP contribution in [0.4, 0.5) is 0 Å². The lowest BCUT2D eigenvalue weighted by atomic mass is 10.1. The number of hydrogen-bond acceptors (Lipinski definition) is 3. The summed E-state index contributed by atoms with van der Waals surface area (Å²) < 4.78 is 4.83. The number of rotatable bonds is 8. The number of carbonyl (C=O) groups excluding carboxylic acids is 1. The minimum atomic E-state index is -1.04. The summed E-state index contributed by atoms with van der Waals surface area (Å²) in [5.74, 6) is -1.29. The monoisotopic (exact) mass is 279 g/mol. The van der Waals surface area contributed by atoms with Crippen molar-refractivity contribution in [1.82, 2.24) is 5.32 Å². The van der Waals surface area contributed by atoms with Gasteiger partial charge in [0, 0.05) is 26.6 Å². The molecule has 0 aliphatic rings. The Morgan fingerprint density at radius 1 is 1.40 bits per heavy atom. The number of hydrogen-bond donors (Lipinski definition) is 2. The summed E-state index contributed by atoms with van der Waals surface area (Å²) in [5, 5.41) is 11.5. The van der Waals surface area contributed by atoms with Gasteiger partial charge in [-0.2, -0.15) is 0 Å². The van der Waals surface area contributed by atoms with Crippen molar-refractivity contribution in [1.29, 1.82) is 0 Å². The molecule has 0 saturated carbocycles. The van der Waals surface area contributed by atoms with Crippen LogP contribution in [0.3, 0.4) is 0 Å². The second-order valence-corrected chi connectivity index (χ2v) is 4.73. The first kappa shape index (κ1) is 16.2. The summed E-state index contributed by atoms with van der Waals surface area (Å²) in [6.45, 7) is 2.30. The number of ether oxygens (including phenoxy) is 1. The fourth-order valence-corrected chi connectivity index (χ4v) is 1.89. The maximum absolute atomic E-state index is 11.8. The molecule has 110 valence electrons. The van der Waals surface area contributed by atoms with Crippen LogP contribution >= 0.6 is 0 Å². The van der Waals surface area contributed by atoms with Crippen LogP contribution in [0.25, 0.3) is 0 Å². The van der Waals surface area contributed by atoms with Gasteiger partial charge in [0.25, 0.3) is 0 Å². The Kier molecular flexibility index (Phi) is 6.73. The van der Waals surface area contributed by atoms with E-state index < -0.39 is 12.0 Å². The molecule has 1 unspecified atom stereocenters. The molecule has 0 aliphatic carbocycles. The summed E-state index contributed by atoms with van der Waals surface area (Å²) >= 11 is 0. The quantitative estimate of drug-likeness (QED) is 0.756. The van der Waals surface area contributed by atoms with Crippen molar-refractivity contribution in [3.05, 3.63) is 35.4 Å². The third-order valence-corrected chi connectivity index (χ3v) is 2.97. The fourth-order valence-electron chi connectivity index (χ4n) is 1.89. The van der Waals surface area contributed by atoms with Crippen LogP contribution in [0, 0.1) is 6.92 Å². The van der Waals surface area contributed by atoms with Crippen molar-refractivity contribution in [2.75, 3.05) is 13.7 Å². The van der Waals surface area contributed by atoms with Gasteiger partial charge >= 0.3 is 5.97 Å². The van der Waals surface area contributed by atoms with Gasteiger partial charge in [-0.1, -0.05) is 29.8 Å². The first-order chi connectivity index (χ1) is 9.52. The van der Waals surface area contributed by atoms with Gasteiger partial charge in [-0.25, -0.2) is 4.79 Å². The van der Waals surface area contributed by atoms with Gasteiger partial charge < -0.3 is 15.2 Å². The van der Waals surface area contributed by atoms with Gasteiger partial charge in [0.1, 0.15) is 6.04 Å². The number of carboxylic acids is 1. The molecule has 1 amide bonds. The van der Waals surface area contributed by atoms with E-state index >= 15 is 0 Å². The van der Waals surface area contributed by atoms with Crippen LogP contribution < -0.4 is 5.32 Å². The van der Waals surface area contributed by atoms with E-state index in [-0.39, 0.29) is 18.7 Å². The van der Waals surface area contributed by atoms with Crippen LogP contribution in [0.5, 0.6) is 0 Å². The second-order valence-electron chi connectivity index (χ2n) is 4.73. The molecular formula is C15H21NO4. The van der Waals surface area contributed by atoms with Gasteiger partial charge in [-0.15, -0.1) is 0 Å². The fraction of sp³-hybridized carbons (Fsp3) is 0.467. The number of benzene rings is 1. The third-order valence-electron chi connectivity index (χ3n) is 2.97. The maximum atomic E-state index is 11.8. The lowest BCUT2D eigenvalue weighted by molar-refractivity contribution is -0.142. The highest BCUT2D eigenvalue weighted by atomic mass is 16.5. The molecule has 0 aliphatic heterocycles. The average molecular weight is 279 g/mol. The topological polar surface area (TPSA) is 75.6 Å². The predicted molar refractivity (Wildman–Crippen MR) is 75.6 cm³/mol. The molecular weight excluding hydrogens is 258 g/mol. The van der Waals surface area contributed by atoms with Crippen LogP contribution in [-0.2, 0) is 20.7 Å². The Balaban J connectivity index is 2.43. The third kappa shape index (κ3) is 5.84. The zero-order valence-electron chi connectivity index (χ0n) is 11.9. The van der Waals surface area contributed by atoms with E-state index in [0.29, 0.717) is 13.0 Å². The van der Waals surface area contributed by atoms with Gasteiger partial charge in [0.2, 0.25) is 5.91 Å². The molecule has 0 bridgehead atoms. The number of carbonyl (C=O) groups is 2. The van der Waals surface area contributed by atoms with Crippen molar-refractivity contribution < 1.29 is 19.4 Å². The SMILES string of the molecule is COCCC(NC(=O)CCc1cccc(C)c1)C(=O)O. The first-order valence-corrected chi connectivity index (χ1v) is 6.59. The Morgan fingerprint density at radius 2 is 2.15 bits per heavy atom. The summed E-state index contributed by atoms with van der Waals surface area (Å²) in [6, 6.07) is 7.03. The Morgan fingerprint density at radius 3 is 2.75 bits per heavy atom. The summed E-state index contributed by atoms with van der Waals surface area (Å²) in [4.78, 5) is 22.8. The number of aryl methyl sites for hydroxylation is 2.